The van der Waals surface area contributed by atoms with Crippen molar-refractivity contribution >= 4 is 10.4 Å². The van der Waals surface area contributed by atoms with Crippen LogP contribution in [0.5, 0.6) is 0 Å². The zero-order chi connectivity index (χ0) is 8.04. The van der Waals surface area contributed by atoms with Crippen LogP contribution >= 0.6 is 0 Å². The Labute approximate surface area is 90.7 Å². The molecule has 0 unspecified atom stereocenters. The van der Waals surface area contributed by atoms with Crippen molar-refractivity contribution in [1.29, 1.82) is 0 Å². The van der Waals surface area contributed by atoms with Crippen molar-refractivity contribution in [3.05, 3.63) is 12.7 Å². The molecule has 0 N–H and O–H groups in total. The van der Waals surface area contributed by atoms with E-state index in [0.29, 0.717) is 0 Å². The average Bonchev–Trinajstić information content (AvgIpc) is 1.84. The maximum Gasteiger partial charge on any atom is 1.00 e. The predicted octanol–water partition coefficient (Wildman–Crippen LogP) is -2.41. The fraction of sp³-hybridized carbons (Fsp3) is 0.600. The summed E-state index contributed by atoms with van der Waals surface area (Å²) in [4.78, 5) is 0. The first-order valence-electron chi connectivity index (χ1n) is 2.77. The number of hydrogen-bond donors (Lipinski definition) is 0. The van der Waals surface area contributed by atoms with Crippen LogP contribution in [-0.4, -0.2) is 21.6 Å². The molecule has 11 heavy (non-hydrogen) atoms. The van der Waals surface area contributed by atoms with Gasteiger partial charge >= 0.3 is 40.0 Å². The van der Waals surface area contributed by atoms with Crippen LogP contribution < -0.4 is 29.6 Å². The summed E-state index contributed by atoms with van der Waals surface area (Å²) in [5.41, 5.74) is 0. The molecule has 0 rings (SSSR count). The van der Waals surface area contributed by atoms with E-state index in [1.807, 2.05) is 0 Å². The summed E-state index contributed by atoms with van der Waals surface area (Å²) in [6.07, 6.45) is 1.33. The quantitative estimate of drug-likeness (QED) is 0.358. The first-order valence-corrected chi connectivity index (χ1v) is 4.10. The van der Waals surface area contributed by atoms with Gasteiger partial charge < -0.3 is 1.43 Å². The van der Waals surface area contributed by atoms with Gasteiger partial charge in [0, 0.05) is 0 Å². The summed E-state index contributed by atoms with van der Waals surface area (Å²) < 4.78 is 29.5. The second-order valence-electron chi connectivity index (χ2n) is 1.39. The molecule has 0 aromatic rings. The number of rotatable bonds is 5. The molecule has 0 saturated carbocycles. The van der Waals surface area contributed by atoms with Gasteiger partial charge in [-0.2, -0.15) is 8.42 Å². The van der Waals surface area contributed by atoms with Gasteiger partial charge in [-0.25, -0.2) is 8.37 Å². The first kappa shape index (κ1) is 14.2. The van der Waals surface area contributed by atoms with Crippen LogP contribution in [0.25, 0.3) is 0 Å². The van der Waals surface area contributed by atoms with Crippen molar-refractivity contribution in [2.45, 2.75) is 6.92 Å². The Bertz CT molecular complexity index is 192. The minimum atomic E-state index is -3.77. The van der Waals surface area contributed by atoms with E-state index in [0.717, 1.165) is 0 Å². The van der Waals surface area contributed by atoms with Crippen molar-refractivity contribution < 1.29 is 47.8 Å². The average molecular weight is 190 g/mol. The Morgan fingerprint density at radius 2 is 2.09 bits per heavy atom. The van der Waals surface area contributed by atoms with Crippen LogP contribution in [0.1, 0.15) is 8.35 Å². The zero-order valence-electron chi connectivity index (χ0n) is 7.74. The van der Waals surface area contributed by atoms with Crippen molar-refractivity contribution in [2.24, 2.45) is 0 Å². The smallest absolute Gasteiger partial charge is 1.00 e. The molecule has 0 radical (unpaired) electrons. The molecule has 0 fully saturated rings. The molecule has 0 aliphatic rings. The van der Waals surface area contributed by atoms with Crippen LogP contribution in [0.3, 0.4) is 0 Å². The third-order valence-corrected chi connectivity index (χ3v) is 1.54. The molecule has 0 spiro atoms. The summed E-state index contributed by atoms with van der Waals surface area (Å²) in [6.45, 7) is 4.87. The summed E-state index contributed by atoms with van der Waals surface area (Å²) in [6, 6.07) is 0. The van der Waals surface area contributed by atoms with E-state index in [2.05, 4.69) is 14.9 Å². The van der Waals surface area contributed by atoms with Gasteiger partial charge in [-0.15, -0.1) is 6.58 Å². The largest absolute Gasteiger partial charge is 1.00 e. The van der Waals surface area contributed by atoms with E-state index in [4.69, 9.17) is 0 Å². The SMILES string of the molecule is C=CCOS(=O)(=O)OCC.[H-].[Na+]. The molecule has 0 aromatic carbocycles. The molecule has 0 heterocycles. The summed E-state index contributed by atoms with van der Waals surface area (Å²) in [5.74, 6) is 0. The van der Waals surface area contributed by atoms with Crippen LogP contribution in [0.4, 0.5) is 0 Å². The molecular weight excluding hydrogens is 179 g/mol. The molecular formula is C5H11NaO4S. The van der Waals surface area contributed by atoms with Crippen LogP contribution in [0, 0.1) is 0 Å². The van der Waals surface area contributed by atoms with Gasteiger partial charge in [-0.3, -0.25) is 0 Å². The van der Waals surface area contributed by atoms with Crippen molar-refractivity contribution in [3.8, 4) is 0 Å². The minimum absolute atomic E-state index is 0. The summed E-state index contributed by atoms with van der Waals surface area (Å²) in [5, 5.41) is 0. The fourth-order valence-electron chi connectivity index (χ4n) is 0.310. The second-order valence-corrected chi connectivity index (χ2v) is 2.68. The van der Waals surface area contributed by atoms with Crippen molar-refractivity contribution in [2.75, 3.05) is 13.2 Å². The molecule has 0 aliphatic carbocycles. The zero-order valence-corrected chi connectivity index (χ0v) is 9.56. The van der Waals surface area contributed by atoms with Gasteiger partial charge in [-0.1, -0.05) is 6.08 Å². The van der Waals surface area contributed by atoms with Crippen molar-refractivity contribution in [3.63, 3.8) is 0 Å². The van der Waals surface area contributed by atoms with E-state index in [1.165, 1.54) is 6.08 Å². The van der Waals surface area contributed by atoms with Crippen molar-refractivity contribution in [1.82, 2.24) is 0 Å². The standard InChI is InChI=1S/C5H10O4S.Na.H/c1-3-5-9-10(6,7)8-4-2;;/h3H,1,4-5H2,2H3;;/q;+1;-1. The second kappa shape index (κ2) is 7.27. The van der Waals surface area contributed by atoms with Crippen LogP contribution in [0.2, 0.25) is 0 Å². The Kier molecular flexibility index (Phi) is 9.35. The fourth-order valence-corrected chi connectivity index (χ4v) is 0.929. The van der Waals surface area contributed by atoms with E-state index >= 15 is 0 Å². The third kappa shape index (κ3) is 8.52. The molecule has 0 aromatic heterocycles. The molecule has 6 heteroatoms. The third-order valence-electron chi connectivity index (χ3n) is 0.592. The monoisotopic (exact) mass is 190 g/mol. The van der Waals surface area contributed by atoms with E-state index in [1.54, 1.807) is 6.92 Å². The maximum atomic E-state index is 10.5. The van der Waals surface area contributed by atoms with Crippen LogP contribution in [-0.2, 0) is 18.8 Å². The van der Waals surface area contributed by atoms with Gasteiger partial charge in [0.05, 0.1) is 13.2 Å². The Morgan fingerprint density at radius 3 is 2.45 bits per heavy atom. The van der Waals surface area contributed by atoms with Gasteiger partial charge in [-0.05, 0) is 6.92 Å². The molecule has 0 aliphatic heterocycles. The minimum Gasteiger partial charge on any atom is -1.00 e. The molecule has 4 nitrogen and oxygen atoms in total. The Morgan fingerprint density at radius 1 is 1.55 bits per heavy atom. The Balaban J connectivity index is -0.000000405. The molecule has 0 bridgehead atoms. The van der Waals surface area contributed by atoms with Gasteiger partial charge in [0.25, 0.3) is 0 Å². The molecule has 62 valence electrons. The molecule has 0 atom stereocenters. The number of hydrogen-bond acceptors (Lipinski definition) is 4. The molecule has 0 saturated heterocycles. The van der Waals surface area contributed by atoms with Crippen LogP contribution in [0.15, 0.2) is 12.7 Å². The first-order chi connectivity index (χ1) is 4.62. The van der Waals surface area contributed by atoms with E-state index in [-0.39, 0.29) is 44.2 Å². The maximum absolute atomic E-state index is 10.5. The summed E-state index contributed by atoms with van der Waals surface area (Å²) >= 11 is 0. The van der Waals surface area contributed by atoms with Gasteiger partial charge in [0.1, 0.15) is 0 Å². The van der Waals surface area contributed by atoms with E-state index < -0.39 is 10.4 Å². The topological polar surface area (TPSA) is 52.6 Å². The van der Waals surface area contributed by atoms with Gasteiger partial charge in [0.2, 0.25) is 0 Å². The Hall–Kier alpha value is 0.610. The normalized spacial score (nSPS) is 10.3. The van der Waals surface area contributed by atoms with E-state index in [9.17, 15) is 8.42 Å². The molecule has 0 amide bonds. The van der Waals surface area contributed by atoms with Gasteiger partial charge in [0.15, 0.2) is 0 Å². The summed E-state index contributed by atoms with van der Waals surface area (Å²) in [7, 11) is -3.77. The predicted molar refractivity (Wildman–Crippen MR) is 37.8 cm³/mol.